The summed E-state index contributed by atoms with van der Waals surface area (Å²) in [5.41, 5.74) is 0.897. The van der Waals surface area contributed by atoms with Gasteiger partial charge in [0.1, 0.15) is 5.82 Å². The van der Waals surface area contributed by atoms with Crippen molar-refractivity contribution in [3.63, 3.8) is 0 Å². The standard InChI is InChI=1S/C13H20N2O2/c1-4-5-11-10(13(16)17)8-14-12(15-11)7-6-9(2)3/h8-9H,4-7H2,1-3H3,(H,16,17). The van der Waals surface area contributed by atoms with E-state index in [1.54, 1.807) is 0 Å². The van der Waals surface area contributed by atoms with Crippen LogP contribution in [0.25, 0.3) is 0 Å². The fourth-order valence-corrected chi connectivity index (χ4v) is 1.60. The van der Waals surface area contributed by atoms with E-state index in [0.29, 0.717) is 18.0 Å². The lowest BCUT2D eigenvalue weighted by Gasteiger charge is -2.07. The summed E-state index contributed by atoms with van der Waals surface area (Å²) in [5.74, 6) is 0.420. The predicted molar refractivity (Wildman–Crippen MR) is 66.1 cm³/mol. The van der Waals surface area contributed by atoms with Gasteiger partial charge in [-0.25, -0.2) is 14.8 Å². The van der Waals surface area contributed by atoms with Crippen LogP contribution in [0, 0.1) is 5.92 Å². The molecule has 0 bridgehead atoms. The molecule has 0 unspecified atom stereocenters. The quantitative estimate of drug-likeness (QED) is 0.824. The first-order chi connectivity index (χ1) is 8.04. The van der Waals surface area contributed by atoms with Crippen LogP contribution < -0.4 is 0 Å². The minimum absolute atomic E-state index is 0.236. The zero-order valence-corrected chi connectivity index (χ0v) is 10.7. The Morgan fingerprint density at radius 2 is 2.12 bits per heavy atom. The molecule has 0 amide bonds. The molecular formula is C13H20N2O2. The van der Waals surface area contributed by atoms with E-state index in [1.165, 1.54) is 6.20 Å². The molecule has 0 radical (unpaired) electrons. The summed E-state index contributed by atoms with van der Waals surface area (Å²) >= 11 is 0. The van der Waals surface area contributed by atoms with Crippen molar-refractivity contribution in [2.45, 2.75) is 46.5 Å². The molecule has 1 heterocycles. The molecule has 1 aromatic rings. The molecule has 1 aromatic heterocycles. The number of carboxylic acids is 1. The molecule has 4 heteroatoms. The first kappa shape index (κ1) is 13.6. The van der Waals surface area contributed by atoms with Crippen molar-refractivity contribution in [3.05, 3.63) is 23.3 Å². The molecule has 94 valence electrons. The van der Waals surface area contributed by atoms with E-state index >= 15 is 0 Å². The number of carbonyl (C=O) groups is 1. The summed E-state index contributed by atoms with van der Waals surface area (Å²) in [4.78, 5) is 19.5. The van der Waals surface area contributed by atoms with Crippen molar-refractivity contribution in [2.24, 2.45) is 5.92 Å². The monoisotopic (exact) mass is 236 g/mol. The Bertz CT molecular complexity index is 389. The highest BCUT2D eigenvalue weighted by molar-refractivity contribution is 5.88. The van der Waals surface area contributed by atoms with Gasteiger partial charge < -0.3 is 5.11 Å². The minimum Gasteiger partial charge on any atom is -0.478 e. The van der Waals surface area contributed by atoms with Crippen LogP contribution >= 0.6 is 0 Å². The van der Waals surface area contributed by atoms with E-state index < -0.39 is 5.97 Å². The van der Waals surface area contributed by atoms with Gasteiger partial charge in [-0.15, -0.1) is 0 Å². The summed E-state index contributed by atoms with van der Waals surface area (Å²) < 4.78 is 0. The highest BCUT2D eigenvalue weighted by atomic mass is 16.4. The first-order valence-corrected chi connectivity index (χ1v) is 6.12. The van der Waals surface area contributed by atoms with Gasteiger partial charge in [0.25, 0.3) is 0 Å². The van der Waals surface area contributed by atoms with E-state index in [2.05, 4.69) is 23.8 Å². The van der Waals surface area contributed by atoms with Gasteiger partial charge in [-0.3, -0.25) is 0 Å². The average Bonchev–Trinajstić information content (AvgIpc) is 2.26. The van der Waals surface area contributed by atoms with Gasteiger partial charge in [0.05, 0.1) is 11.3 Å². The molecule has 0 aliphatic heterocycles. The second kappa shape index (κ2) is 6.33. The second-order valence-electron chi connectivity index (χ2n) is 4.63. The zero-order chi connectivity index (χ0) is 12.8. The minimum atomic E-state index is -0.941. The molecule has 0 saturated carbocycles. The van der Waals surface area contributed by atoms with Gasteiger partial charge in [0.2, 0.25) is 0 Å². The molecule has 0 atom stereocenters. The largest absolute Gasteiger partial charge is 0.478 e. The number of carboxylic acid groups (broad SMARTS) is 1. The SMILES string of the molecule is CCCc1nc(CCC(C)C)ncc1C(=O)O. The third-order valence-corrected chi connectivity index (χ3v) is 2.58. The molecule has 0 aromatic carbocycles. The van der Waals surface area contributed by atoms with Crippen molar-refractivity contribution in [1.82, 2.24) is 9.97 Å². The van der Waals surface area contributed by atoms with Crippen molar-refractivity contribution in [1.29, 1.82) is 0 Å². The van der Waals surface area contributed by atoms with E-state index in [1.807, 2.05) is 6.92 Å². The molecule has 1 N–H and O–H groups in total. The van der Waals surface area contributed by atoms with Gasteiger partial charge in [-0.1, -0.05) is 27.2 Å². The first-order valence-electron chi connectivity index (χ1n) is 6.12. The van der Waals surface area contributed by atoms with Gasteiger partial charge in [0.15, 0.2) is 0 Å². The molecule has 0 aliphatic carbocycles. The maximum atomic E-state index is 11.0. The average molecular weight is 236 g/mol. The normalized spacial score (nSPS) is 10.8. The fourth-order valence-electron chi connectivity index (χ4n) is 1.60. The number of rotatable bonds is 6. The fraction of sp³-hybridized carbons (Fsp3) is 0.615. The van der Waals surface area contributed by atoms with Crippen molar-refractivity contribution < 1.29 is 9.90 Å². The molecule has 0 spiro atoms. The highest BCUT2D eigenvalue weighted by Crippen LogP contribution is 2.11. The zero-order valence-electron chi connectivity index (χ0n) is 10.7. The Balaban J connectivity index is 2.89. The van der Waals surface area contributed by atoms with Crippen LogP contribution in [0.5, 0.6) is 0 Å². The summed E-state index contributed by atoms with van der Waals surface area (Å²) in [6.45, 7) is 6.32. The Labute approximate surface area is 102 Å². The van der Waals surface area contributed by atoms with Crippen LogP contribution in [0.2, 0.25) is 0 Å². The highest BCUT2D eigenvalue weighted by Gasteiger charge is 2.12. The van der Waals surface area contributed by atoms with E-state index in [0.717, 1.165) is 25.1 Å². The van der Waals surface area contributed by atoms with Crippen LogP contribution in [-0.2, 0) is 12.8 Å². The number of aryl methyl sites for hydroxylation is 2. The molecule has 1 rings (SSSR count). The molecule has 4 nitrogen and oxygen atoms in total. The van der Waals surface area contributed by atoms with Crippen LogP contribution in [0.4, 0.5) is 0 Å². The lowest BCUT2D eigenvalue weighted by molar-refractivity contribution is 0.0694. The third-order valence-electron chi connectivity index (χ3n) is 2.58. The maximum Gasteiger partial charge on any atom is 0.339 e. The Kier molecular flexibility index (Phi) is 5.07. The van der Waals surface area contributed by atoms with Gasteiger partial charge in [-0.05, 0) is 18.8 Å². The molecule has 0 fully saturated rings. The summed E-state index contributed by atoms with van der Waals surface area (Å²) in [6.07, 6.45) is 4.86. The number of hydrogen-bond acceptors (Lipinski definition) is 3. The second-order valence-corrected chi connectivity index (χ2v) is 4.63. The Morgan fingerprint density at radius 1 is 1.41 bits per heavy atom. The smallest absolute Gasteiger partial charge is 0.339 e. The number of aromatic carboxylic acids is 1. The maximum absolute atomic E-state index is 11.0. The molecule has 17 heavy (non-hydrogen) atoms. The van der Waals surface area contributed by atoms with Crippen LogP contribution in [-0.4, -0.2) is 21.0 Å². The van der Waals surface area contributed by atoms with Crippen molar-refractivity contribution in [3.8, 4) is 0 Å². The number of hydrogen-bond donors (Lipinski definition) is 1. The molecule has 0 aliphatic rings. The molecule has 0 saturated heterocycles. The van der Waals surface area contributed by atoms with Crippen molar-refractivity contribution >= 4 is 5.97 Å². The lowest BCUT2D eigenvalue weighted by Crippen LogP contribution is -2.09. The van der Waals surface area contributed by atoms with Gasteiger partial charge in [-0.2, -0.15) is 0 Å². The number of aromatic nitrogens is 2. The number of nitrogens with zero attached hydrogens (tertiary/aromatic N) is 2. The van der Waals surface area contributed by atoms with Crippen LogP contribution in [0.15, 0.2) is 6.20 Å². The van der Waals surface area contributed by atoms with E-state index in [9.17, 15) is 4.79 Å². The van der Waals surface area contributed by atoms with Gasteiger partial charge in [0, 0.05) is 12.6 Å². The van der Waals surface area contributed by atoms with Gasteiger partial charge >= 0.3 is 5.97 Å². The summed E-state index contributed by atoms with van der Waals surface area (Å²) in [5, 5.41) is 9.02. The topological polar surface area (TPSA) is 63.1 Å². The van der Waals surface area contributed by atoms with E-state index in [4.69, 9.17) is 5.11 Å². The van der Waals surface area contributed by atoms with Crippen molar-refractivity contribution in [2.75, 3.05) is 0 Å². The lowest BCUT2D eigenvalue weighted by atomic mass is 10.1. The predicted octanol–water partition coefficient (Wildman–Crippen LogP) is 2.72. The van der Waals surface area contributed by atoms with Crippen LogP contribution in [0.1, 0.15) is 55.5 Å². The van der Waals surface area contributed by atoms with Crippen LogP contribution in [0.3, 0.4) is 0 Å². The molecular weight excluding hydrogens is 216 g/mol. The van der Waals surface area contributed by atoms with E-state index in [-0.39, 0.29) is 5.56 Å². The Morgan fingerprint density at radius 3 is 2.65 bits per heavy atom. The third kappa shape index (κ3) is 4.13. The summed E-state index contributed by atoms with van der Waals surface area (Å²) in [6, 6.07) is 0. The Hall–Kier alpha value is -1.45. The summed E-state index contributed by atoms with van der Waals surface area (Å²) in [7, 11) is 0.